The Morgan fingerprint density at radius 1 is 1.02 bits per heavy atom. The molecule has 0 saturated carbocycles. The number of unbranched alkanes of at least 4 members (excludes halogenated alkanes) is 1. The number of nitrogens with one attached hydrogen (secondary N) is 3. The van der Waals surface area contributed by atoms with Crippen molar-refractivity contribution in [1.29, 1.82) is 0 Å². The maximum atomic E-state index is 13.6. The highest BCUT2D eigenvalue weighted by Crippen LogP contribution is 2.36. The van der Waals surface area contributed by atoms with Crippen LogP contribution in [0.1, 0.15) is 47.7 Å². The summed E-state index contributed by atoms with van der Waals surface area (Å²) in [5.74, 6) is 0.0624. The number of methoxy groups -OCH3 is 1. The Morgan fingerprint density at radius 3 is 2.62 bits per heavy atom. The summed E-state index contributed by atoms with van der Waals surface area (Å²) in [6.07, 6.45) is 2.46. The van der Waals surface area contributed by atoms with Crippen molar-refractivity contribution in [3.63, 3.8) is 0 Å². The molecule has 0 radical (unpaired) electrons. The predicted octanol–water partition coefficient (Wildman–Crippen LogP) is 4.14. The molecule has 2 heterocycles. The van der Waals surface area contributed by atoms with Gasteiger partial charge in [-0.25, -0.2) is 4.79 Å². The third-order valence-electron chi connectivity index (χ3n) is 7.42. The van der Waals surface area contributed by atoms with E-state index in [1.54, 1.807) is 0 Å². The molecule has 208 valence electrons. The zero-order valence-corrected chi connectivity index (χ0v) is 22.7. The van der Waals surface area contributed by atoms with Crippen molar-refractivity contribution in [3.05, 3.63) is 101 Å². The van der Waals surface area contributed by atoms with Crippen LogP contribution in [0.4, 0.5) is 0 Å². The van der Waals surface area contributed by atoms with Crippen LogP contribution in [0.3, 0.4) is 0 Å². The summed E-state index contributed by atoms with van der Waals surface area (Å²) in [5.41, 5.74) is 10.8. The number of fused-ring (bicyclic) bond motifs is 3. The molecule has 5 rings (SSSR count). The van der Waals surface area contributed by atoms with Gasteiger partial charge in [0.15, 0.2) is 0 Å². The summed E-state index contributed by atoms with van der Waals surface area (Å²) in [6, 6.07) is 24.6. The maximum Gasteiger partial charge on any atom is 0.328 e. The minimum Gasteiger partial charge on any atom is -0.489 e. The van der Waals surface area contributed by atoms with E-state index in [4.69, 9.17) is 15.2 Å². The normalized spacial score (nSPS) is 17.1. The number of rotatable bonds is 11. The molecule has 5 N–H and O–H groups in total. The van der Waals surface area contributed by atoms with Gasteiger partial charge in [-0.15, -0.1) is 0 Å². The first-order valence-corrected chi connectivity index (χ1v) is 13.8. The number of hydrogen-bond acceptors (Lipinski definition) is 6. The second-order valence-corrected chi connectivity index (χ2v) is 10.1. The summed E-state index contributed by atoms with van der Waals surface area (Å²) < 4.78 is 11.1. The molecule has 1 aliphatic rings. The van der Waals surface area contributed by atoms with Crippen LogP contribution < -0.4 is 21.1 Å². The van der Waals surface area contributed by atoms with Crippen molar-refractivity contribution in [1.82, 2.24) is 15.6 Å². The van der Waals surface area contributed by atoms with Crippen molar-refractivity contribution in [2.45, 2.75) is 50.4 Å². The molecule has 0 spiro atoms. The number of H-pyrrole nitrogens is 1. The van der Waals surface area contributed by atoms with E-state index in [1.165, 1.54) is 7.11 Å². The summed E-state index contributed by atoms with van der Waals surface area (Å²) >= 11 is 0. The van der Waals surface area contributed by atoms with Crippen LogP contribution in [-0.2, 0) is 27.4 Å². The van der Waals surface area contributed by atoms with E-state index < -0.39 is 18.1 Å². The molecule has 8 heteroatoms. The number of hydrogen-bond donors (Lipinski definition) is 4. The van der Waals surface area contributed by atoms with Crippen LogP contribution in [-0.4, -0.2) is 42.6 Å². The fraction of sp³-hybridized carbons (Fsp3) is 0.312. The van der Waals surface area contributed by atoms with Gasteiger partial charge in [0.05, 0.1) is 19.2 Å². The highest BCUT2D eigenvalue weighted by molar-refractivity contribution is 5.90. The summed E-state index contributed by atoms with van der Waals surface area (Å²) in [7, 11) is 1.34. The minimum atomic E-state index is -0.719. The Labute approximate surface area is 234 Å². The first-order chi connectivity index (χ1) is 19.6. The Balaban J connectivity index is 1.41. The highest BCUT2D eigenvalue weighted by Gasteiger charge is 2.35. The summed E-state index contributed by atoms with van der Waals surface area (Å²) in [4.78, 5) is 29.6. The van der Waals surface area contributed by atoms with E-state index >= 15 is 0 Å². The van der Waals surface area contributed by atoms with Gasteiger partial charge < -0.3 is 25.5 Å². The number of carbonyl (C=O) groups excluding carboxylic acids is 2. The van der Waals surface area contributed by atoms with Crippen LogP contribution in [0.5, 0.6) is 5.75 Å². The lowest BCUT2D eigenvalue weighted by Gasteiger charge is -2.32. The zero-order chi connectivity index (χ0) is 27.9. The van der Waals surface area contributed by atoms with Crippen LogP contribution in [0.25, 0.3) is 10.9 Å². The second kappa shape index (κ2) is 12.8. The molecule has 3 aromatic carbocycles. The van der Waals surface area contributed by atoms with Gasteiger partial charge in [0.2, 0.25) is 5.91 Å². The number of esters is 1. The molecule has 2 unspecified atom stereocenters. The molecule has 1 aromatic heterocycles. The van der Waals surface area contributed by atoms with Gasteiger partial charge in [-0.2, -0.15) is 0 Å². The summed E-state index contributed by atoms with van der Waals surface area (Å²) in [6.45, 7) is 0.995. The van der Waals surface area contributed by atoms with Crippen molar-refractivity contribution < 1.29 is 19.1 Å². The van der Waals surface area contributed by atoms with Crippen molar-refractivity contribution >= 4 is 22.8 Å². The first kappa shape index (κ1) is 27.4. The van der Waals surface area contributed by atoms with Gasteiger partial charge in [-0.05, 0) is 67.1 Å². The summed E-state index contributed by atoms with van der Waals surface area (Å²) in [5, 5.41) is 7.57. The van der Waals surface area contributed by atoms with E-state index in [9.17, 15) is 9.59 Å². The smallest absolute Gasteiger partial charge is 0.328 e. The number of ether oxygens (including phenoxy) is 2. The quantitative estimate of drug-likeness (QED) is 0.168. The predicted molar refractivity (Wildman–Crippen MR) is 155 cm³/mol. The van der Waals surface area contributed by atoms with Gasteiger partial charge in [-0.3, -0.25) is 10.1 Å². The third-order valence-corrected chi connectivity index (χ3v) is 7.42. The van der Waals surface area contributed by atoms with Crippen molar-refractivity contribution in [3.8, 4) is 5.75 Å². The molecule has 8 nitrogen and oxygen atoms in total. The van der Waals surface area contributed by atoms with Crippen LogP contribution >= 0.6 is 0 Å². The molecule has 4 aromatic rings. The van der Waals surface area contributed by atoms with E-state index in [0.717, 1.165) is 51.9 Å². The number of aromatic amines is 1. The third kappa shape index (κ3) is 6.19. The van der Waals surface area contributed by atoms with Crippen molar-refractivity contribution in [2.75, 3.05) is 13.7 Å². The number of nitrogens with two attached hydrogens (primary N) is 1. The van der Waals surface area contributed by atoms with Crippen LogP contribution in [0.15, 0.2) is 78.9 Å². The Morgan fingerprint density at radius 2 is 1.82 bits per heavy atom. The molecular weight excluding hydrogens is 504 g/mol. The lowest BCUT2D eigenvalue weighted by molar-refractivity contribution is -0.145. The standard InChI is InChI=1S/C32H36N4O4/c1-39-32(38)27(16-7-8-17-33)36-31(37)28-19-25-24-14-5-6-15-26(24)34-30(25)29(35-28)22-12-9-13-23(18-22)40-20-21-10-3-2-4-11-21/h2-6,9-15,18,27-29,34-35H,7-8,16-17,19-20,33H2,1H3,(H,36,37)/t27?,28?,29-/m1/s1. The van der Waals surface area contributed by atoms with Crippen molar-refractivity contribution in [2.24, 2.45) is 5.73 Å². The average molecular weight is 541 g/mol. The van der Waals surface area contributed by atoms with E-state index in [2.05, 4.69) is 21.7 Å². The molecule has 1 amide bonds. The second-order valence-electron chi connectivity index (χ2n) is 10.1. The molecule has 0 fully saturated rings. The monoisotopic (exact) mass is 540 g/mol. The fourth-order valence-corrected chi connectivity index (χ4v) is 5.35. The Hall–Kier alpha value is -4.14. The minimum absolute atomic E-state index is 0.236. The molecule has 0 bridgehead atoms. The molecule has 0 saturated heterocycles. The molecule has 40 heavy (non-hydrogen) atoms. The lowest BCUT2D eigenvalue weighted by Crippen LogP contribution is -2.53. The number of para-hydroxylation sites is 1. The van der Waals surface area contributed by atoms with Gasteiger partial charge in [0, 0.05) is 16.6 Å². The van der Waals surface area contributed by atoms with E-state index in [-0.39, 0.29) is 11.9 Å². The van der Waals surface area contributed by atoms with E-state index in [0.29, 0.717) is 26.0 Å². The Kier molecular flexibility index (Phi) is 8.78. The van der Waals surface area contributed by atoms with Gasteiger partial charge in [0.25, 0.3) is 0 Å². The number of benzene rings is 3. The topological polar surface area (TPSA) is 118 Å². The maximum absolute atomic E-state index is 13.6. The lowest BCUT2D eigenvalue weighted by atomic mass is 9.89. The Bertz CT molecular complexity index is 1450. The fourth-order valence-electron chi connectivity index (χ4n) is 5.35. The molecule has 0 aliphatic carbocycles. The molecule has 3 atom stereocenters. The average Bonchev–Trinajstić information content (AvgIpc) is 3.38. The largest absolute Gasteiger partial charge is 0.489 e. The molecule has 1 aliphatic heterocycles. The number of aromatic nitrogens is 1. The zero-order valence-electron chi connectivity index (χ0n) is 22.7. The SMILES string of the molecule is COC(=O)C(CCCCN)NC(=O)C1Cc2c([nH]c3ccccc23)[C@@H](c2cccc(OCc3ccccc3)c2)N1. The van der Waals surface area contributed by atoms with Gasteiger partial charge >= 0.3 is 5.97 Å². The van der Waals surface area contributed by atoms with Gasteiger partial charge in [-0.1, -0.05) is 60.7 Å². The van der Waals surface area contributed by atoms with E-state index in [1.807, 2.05) is 72.8 Å². The molecular formula is C32H36N4O4. The highest BCUT2D eigenvalue weighted by atomic mass is 16.5. The van der Waals surface area contributed by atoms with Gasteiger partial charge in [0.1, 0.15) is 18.4 Å². The number of amides is 1. The number of carbonyl (C=O) groups is 2. The first-order valence-electron chi connectivity index (χ1n) is 13.8. The van der Waals surface area contributed by atoms with Crippen LogP contribution in [0, 0.1) is 0 Å². The van der Waals surface area contributed by atoms with Crippen LogP contribution in [0.2, 0.25) is 0 Å².